The summed E-state index contributed by atoms with van der Waals surface area (Å²) < 4.78 is 17.4. The number of aliphatic hydroxyl groups excluding tert-OH is 1. The molecule has 7 heteroatoms. The van der Waals surface area contributed by atoms with Crippen LogP contribution in [0.2, 0.25) is 12.1 Å². The summed E-state index contributed by atoms with van der Waals surface area (Å²) in [7, 11) is -2.22. The van der Waals surface area contributed by atoms with Crippen LogP contribution in [0.1, 0.15) is 56.8 Å². The van der Waals surface area contributed by atoms with Gasteiger partial charge in [-0.3, -0.25) is 0 Å². The van der Waals surface area contributed by atoms with Gasteiger partial charge in [0, 0.05) is 13.2 Å². The maximum atomic E-state index is 11.9. The normalized spacial score (nSPS) is 12.7. The lowest BCUT2D eigenvalue weighted by Gasteiger charge is -2.30. The first-order valence-electron chi connectivity index (χ1n) is 9.88. The standard InChI is InChI=1S/C20H34O6Si/c1-4-13-25-27(6-3,26-14-5-2)15-7-8-19(22)16-24-20(23)17-9-11-18(21)12-10-17/h9-12,19,21-22H,4-8,13-16H2,1-3H3. The summed E-state index contributed by atoms with van der Waals surface area (Å²) >= 11 is 0. The van der Waals surface area contributed by atoms with Crippen LogP contribution in [0.15, 0.2) is 24.3 Å². The minimum atomic E-state index is -2.22. The second-order valence-corrected chi connectivity index (χ2v) is 10.3. The van der Waals surface area contributed by atoms with Crippen LogP contribution in [0, 0.1) is 0 Å². The second kappa shape index (κ2) is 12.9. The Balaban J connectivity index is 2.41. The number of hydrogen-bond donors (Lipinski definition) is 2. The Morgan fingerprint density at radius 3 is 2.19 bits per heavy atom. The first kappa shape index (κ1) is 23.6. The van der Waals surface area contributed by atoms with Gasteiger partial charge in [0.15, 0.2) is 0 Å². The van der Waals surface area contributed by atoms with Crippen molar-refractivity contribution in [2.24, 2.45) is 0 Å². The van der Waals surface area contributed by atoms with E-state index in [2.05, 4.69) is 20.8 Å². The first-order valence-corrected chi connectivity index (χ1v) is 12.1. The molecule has 0 aromatic heterocycles. The fourth-order valence-electron chi connectivity index (χ4n) is 2.69. The maximum absolute atomic E-state index is 11.9. The molecule has 0 fully saturated rings. The molecule has 0 aliphatic rings. The Morgan fingerprint density at radius 1 is 1.07 bits per heavy atom. The van der Waals surface area contributed by atoms with Gasteiger partial charge in [-0.15, -0.1) is 0 Å². The number of rotatable bonds is 14. The number of aliphatic hydroxyl groups is 1. The molecule has 0 amide bonds. The lowest BCUT2D eigenvalue weighted by atomic mass is 10.2. The van der Waals surface area contributed by atoms with Gasteiger partial charge in [-0.05, 0) is 62.0 Å². The van der Waals surface area contributed by atoms with E-state index in [0.29, 0.717) is 25.2 Å². The predicted molar refractivity (Wildman–Crippen MR) is 107 cm³/mol. The fourth-order valence-corrected chi connectivity index (χ4v) is 5.71. The summed E-state index contributed by atoms with van der Waals surface area (Å²) in [5.74, 6) is -0.422. The van der Waals surface area contributed by atoms with E-state index in [9.17, 15) is 15.0 Å². The van der Waals surface area contributed by atoms with Gasteiger partial charge in [0.25, 0.3) is 0 Å². The van der Waals surface area contributed by atoms with Crippen molar-refractivity contribution in [2.45, 2.75) is 64.6 Å². The molecule has 0 radical (unpaired) electrons. The van der Waals surface area contributed by atoms with Crippen molar-refractivity contribution >= 4 is 14.5 Å². The third-order valence-corrected chi connectivity index (χ3v) is 7.94. The van der Waals surface area contributed by atoms with Gasteiger partial charge in [0.2, 0.25) is 0 Å². The van der Waals surface area contributed by atoms with Gasteiger partial charge in [-0.1, -0.05) is 20.8 Å². The average Bonchev–Trinajstić information content (AvgIpc) is 2.68. The van der Waals surface area contributed by atoms with Crippen LogP contribution >= 0.6 is 0 Å². The zero-order valence-corrected chi connectivity index (χ0v) is 17.8. The van der Waals surface area contributed by atoms with E-state index in [1.54, 1.807) is 0 Å². The lowest BCUT2D eigenvalue weighted by molar-refractivity contribution is 0.0234. The molecule has 1 aromatic rings. The molecule has 1 unspecified atom stereocenters. The molecule has 1 atom stereocenters. The number of phenols is 1. The van der Waals surface area contributed by atoms with E-state index in [1.807, 2.05) is 0 Å². The number of benzene rings is 1. The third kappa shape index (κ3) is 8.88. The molecule has 0 aliphatic heterocycles. The summed E-state index contributed by atoms with van der Waals surface area (Å²) in [4.78, 5) is 11.9. The van der Waals surface area contributed by atoms with Crippen molar-refractivity contribution in [1.82, 2.24) is 0 Å². The van der Waals surface area contributed by atoms with Crippen molar-refractivity contribution in [3.8, 4) is 5.75 Å². The van der Waals surface area contributed by atoms with E-state index < -0.39 is 20.6 Å². The molecule has 154 valence electrons. The van der Waals surface area contributed by atoms with Gasteiger partial charge < -0.3 is 23.8 Å². The van der Waals surface area contributed by atoms with Gasteiger partial charge in [0.1, 0.15) is 12.4 Å². The maximum Gasteiger partial charge on any atom is 0.338 e. The Bertz CT molecular complexity index is 526. The molecule has 1 rings (SSSR count). The highest BCUT2D eigenvalue weighted by molar-refractivity contribution is 6.67. The van der Waals surface area contributed by atoms with Gasteiger partial charge in [-0.25, -0.2) is 4.79 Å². The van der Waals surface area contributed by atoms with Gasteiger partial charge >= 0.3 is 14.5 Å². The van der Waals surface area contributed by atoms with E-state index in [0.717, 1.165) is 31.4 Å². The summed E-state index contributed by atoms with van der Waals surface area (Å²) in [6, 6.07) is 7.54. The molecule has 0 bridgehead atoms. The Morgan fingerprint density at radius 2 is 1.67 bits per heavy atom. The first-order chi connectivity index (χ1) is 13.0. The predicted octanol–water partition coefficient (Wildman–Crippen LogP) is 4.01. The Labute approximate surface area is 163 Å². The largest absolute Gasteiger partial charge is 0.508 e. The number of carbonyl (C=O) groups excluding carboxylic acids is 1. The van der Waals surface area contributed by atoms with Gasteiger partial charge in [0.05, 0.1) is 11.7 Å². The van der Waals surface area contributed by atoms with Crippen molar-refractivity contribution in [3.05, 3.63) is 29.8 Å². The highest BCUT2D eigenvalue weighted by Gasteiger charge is 2.35. The molecule has 0 spiro atoms. The minimum Gasteiger partial charge on any atom is -0.508 e. The van der Waals surface area contributed by atoms with E-state index in [1.165, 1.54) is 24.3 Å². The van der Waals surface area contributed by atoms with Crippen LogP contribution in [-0.4, -0.2) is 50.7 Å². The number of carbonyl (C=O) groups is 1. The van der Waals surface area contributed by atoms with Crippen LogP contribution < -0.4 is 0 Å². The zero-order chi connectivity index (χ0) is 20.1. The number of ether oxygens (including phenoxy) is 1. The molecular formula is C20H34O6Si. The van der Waals surface area contributed by atoms with E-state index in [-0.39, 0.29) is 12.4 Å². The number of hydrogen-bond acceptors (Lipinski definition) is 6. The van der Waals surface area contributed by atoms with Crippen LogP contribution in [-0.2, 0) is 13.6 Å². The number of phenolic OH excluding ortho intramolecular Hbond substituents is 1. The van der Waals surface area contributed by atoms with Crippen molar-refractivity contribution in [1.29, 1.82) is 0 Å². The molecule has 6 nitrogen and oxygen atoms in total. The second-order valence-electron chi connectivity index (χ2n) is 6.65. The summed E-state index contributed by atoms with van der Waals surface area (Å²) in [6.07, 6.45) is 2.50. The smallest absolute Gasteiger partial charge is 0.338 e. The number of aromatic hydroxyl groups is 1. The fraction of sp³-hybridized carbons (Fsp3) is 0.650. The molecule has 2 N–H and O–H groups in total. The van der Waals surface area contributed by atoms with Crippen molar-refractivity contribution in [2.75, 3.05) is 19.8 Å². The SMILES string of the molecule is CCCO[Si](CC)(CCCC(O)COC(=O)c1ccc(O)cc1)OCCC. The van der Waals surface area contributed by atoms with Crippen LogP contribution in [0.4, 0.5) is 0 Å². The quantitative estimate of drug-likeness (QED) is 0.364. The highest BCUT2D eigenvalue weighted by atomic mass is 28.4. The Kier molecular flexibility index (Phi) is 11.3. The molecule has 0 saturated carbocycles. The topological polar surface area (TPSA) is 85.2 Å². The van der Waals surface area contributed by atoms with Crippen LogP contribution in [0.3, 0.4) is 0 Å². The highest BCUT2D eigenvalue weighted by Crippen LogP contribution is 2.23. The summed E-state index contributed by atoms with van der Waals surface area (Å²) in [6.45, 7) is 7.63. The molecule has 27 heavy (non-hydrogen) atoms. The van der Waals surface area contributed by atoms with E-state index >= 15 is 0 Å². The molecule has 0 heterocycles. The van der Waals surface area contributed by atoms with Crippen LogP contribution in [0.5, 0.6) is 5.75 Å². The molecule has 0 saturated heterocycles. The van der Waals surface area contributed by atoms with Crippen molar-refractivity contribution < 1.29 is 28.6 Å². The van der Waals surface area contributed by atoms with Gasteiger partial charge in [-0.2, -0.15) is 0 Å². The number of esters is 1. The molecular weight excluding hydrogens is 364 g/mol. The molecule has 1 aromatic carbocycles. The van der Waals surface area contributed by atoms with E-state index in [4.69, 9.17) is 13.6 Å². The molecule has 0 aliphatic carbocycles. The summed E-state index contributed by atoms with van der Waals surface area (Å²) in [5.41, 5.74) is 0.346. The lowest BCUT2D eigenvalue weighted by Crippen LogP contribution is -2.42. The van der Waals surface area contributed by atoms with Crippen molar-refractivity contribution in [3.63, 3.8) is 0 Å². The summed E-state index contributed by atoms with van der Waals surface area (Å²) in [5, 5.41) is 19.4. The zero-order valence-electron chi connectivity index (χ0n) is 16.8. The average molecular weight is 399 g/mol. The third-order valence-electron chi connectivity index (χ3n) is 4.28. The monoisotopic (exact) mass is 398 g/mol. The Hall–Kier alpha value is -1.41. The van der Waals surface area contributed by atoms with Crippen LogP contribution in [0.25, 0.3) is 0 Å². The minimum absolute atomic E-state index is 0.0496.